The van der Waals surface area contributed by atoms with Crippen molar-refractivity contribution >= 4 is 11.9 Å². The van der Waals surface area contributed by atoms with E-state index in [9.17, 15) is 14.0 Å². The molecule has 0 bridgehead atoms. The van der Waals surface area contributed by atoms with Gasteiger partial charge < -0.3 is 10.0 Å². The molecule has 1 amide bonds. The first-order chi connectivity index (χ1) is 10.5. The second-order valence-electron chi connectivity index (χ2n) is 5.70. The number of carboxylic acids is 1. The van der Waals surface area contributed by atoms with E-state index < -0.39 is 5.97 Å². The van der Waals surface area contributed by atoms with Crippen LogP contribution in [0.3, 0.4) is 0 Å². The van der Waals surface area contributed by atoms with Gasteiger partial charge in [0.25, 0.3) is 0 Å². The number of halogens is 1. The van der Waals surface area contributed by atoms with Crippen LogP contribution in [-0.4, -0.2) is 53.0 Å². The fraction of sp³-hybridized carbons (Fsp3) is 0.500. The highest BCUT2D eigenvalue weighted by Crippen LogP contribution is 2.21. The van der Waals surface area contributed by atoms with E-state index in [0.29, 0.717) is 6.54 Å². The predicted octanol–water partition coefficient (Wildman–Crippen LogP) is 1.72. The van der Waals surface area contributed by atoms with Gasteiger partial charge in [-0.1, -0.05) is 18.6 Å². The SMILES string of the molecule is CN(CC(=O)O)C(=O)[C@@H]1CCCCN1Cc1ccc(F)cc1. The van der Waals surface area contributed by atoms with E-state index in [1.165, 1.54) is 24.1 Å². The van der Waals surface area contributed by atoms with Crippen LogP contribution in [0.25, 0.3) is 0 Å². The Morgan fingerprint density at radius 2 is 2.00 bits per heavy atom. The molecular weight excluding hydrogens is 287 g/mol. The number of hydrogen-bond donors (Lipinski definition) is 1. The second kappa shape index (κ2) is 7.35. The number of carboxylic acid groups (broad SMARTS) is 1. The Bertz CT molecular complexity index is 533. The van der Waals surface area contributed by atoms with Crippen molar-refractivity contribution in [3.63, 3.8) is 0 Å². The van der Waals surface area contributed by atoms with Gasteiger partial charge in [0.1, 0.15) is 12.4 Å². The van der Waals surface area contributed by atoms with Gasteiger partial charge in [0, 0.05) is 13.6 Å². The average molecular weight is 308 g/mol. The van der Waals surface area contributed by atoms with Gasteiger partial charge in [-0.15, -0.1) is 0 Å². The third-order valence-corrected chi connectivity index (χ3v) is 3.95. The molecule has 1 aromatic rings. The lowest BCUT2D eigenvalue weighted by Crippen LogP contribution is -2.50. The van der Waals surface area contributed by atoms with Crippen LogP contribution in [0.4, 0.5) is 4.39 Å². The summed E-state index contributed by atoms with van der Waals surface area (Å²) in [4.78, 5) is 26.5. The van der Waals surface area contributed by atoms with Gasteiger partial charge in [-0.25, -0.2) is 4.39 Å². The van der Waals surface area contributed by atoms with E-state index >= 15 is 0 Å². The summed E-state index contributed by atoms with van der Waals surface area (Å²) in [5.74, 6) is -1.46. The molecule has 0 radical (unpaired) electrons. The van der Waals surface area contributed by atoms with Crippen molar-refractivity contribution in [3.8, 4) is 0 Å². The summed E-state index contributed by atoms with van der Waals surface area (Å²) < 4.78 is 13.0. The summed E-state index contributed by atoms with van der Waals surface area (Å²) >= 11 is 0. The number of nitrogens with zero attached hydrogens (tertiary/aromatic N) is 2. The number of aliphatic carboxylic acids is 1. The van der Waals surface area contributed by atoms with E-state index in [4.69, 9.17) is 5.11 Å². The molecule has 6 heteroatoms. The summed E-state index contributed by atoms with van der Waals surface area (Å²) in [7, 11) is 1.52. The number of carbonyl (C=O) groups is 2. The third kappa shape index (κ3) is 4.27. The molecule has 0 saturated carbocycles. The van der Waals surface area contributed by atoms with Crippen LogP contribution in [-0.2, 0) is 16.1 Å². The van der Waals surface area contributed by atoms with Crippen LogP contribution >= 0.6 is 0 Å². The zero-order chi connectivity index (χ0) is 16.1. The number of piperidine rings is 1. The van der Waals surface area contributed by atoms with E-state index in [2.05, 4.69) is 4.90 Å². The molecule has 0 unspecified atom stereocenters. The molecule has 1 heterocycles. The minimum absolute atomic E-state index is 0.163. The molecule has 0 aromatic heterocycles. The van der Waals surface area contributed by atoms with Gasteiger partial charge in [0.15, 0.2) is 0 Å². The van der Waals surface area contributed by atoms with Crippen molar-refractivity contribution in [1.29, 1.82) is 0 Å². The second-order valence-corrected chi connectivity index (χ2v) is 5.70. The van der Waals surface area contributed by atoms with Crippen molar-refractivity contribution in [2.45, 2.75) is 31.8 Å². The molecule has 0 aliphatic carbocycles. The third-order valence-electron chi connectivity index (χ3n) is 3.95. The zero-order valence-corrected chi connectivity index (χ0v) is 12.7. The first-order valence-electron chi connectivity index (χ1n) is 7.42. The summed E-state index contributed by atoms with van der Waals surface area (Å²) in [5.41, 5.74) is 0.946. The highest BCUT2D eigenvalue weighted by molar-refractivity contribution is 5.85. The van der Waals surface area contributed by atoms with Crippen molar-refractivity contribution in [2.75, 3.05) is 20.1 Å². The van der Waals surface area contributed by atoms with Crippen molar-refractivity contribution in [3.05, 3.63) is 35.6 Å². The predicted molar refractivity (Wildman–Crippen MR) is 79.7 cm³/mol. The van der Waals surface area contributed by atoms with E-state index in [-0.39, 0.29) is 24.3 Å². The fourth-order valence-electron chi connectivity index (χ4n) is 2.82. The number of amides is 1. The van der Waals surface area contributed by atoms with E-state index in [0.717, 1.165) is 31.4 Å². The molecule has 1 atom stereocenters. The molecule has 5 nitrogen and oxygen atoms in total. The molecular formula is C16H21FN2O3. The van der Waals surface area contributed by atoms with Crippen LogP contribution < -0.4 is 0 Å². The summed E-state index contributed by atoms with van der Waals surface area (Å²) in [6, 6.07) is 5.95. The monoisotopic (exact) mass is 308 g/mol. The Morgan fingerprint density at radius 3 is 2.64 bits per heavy atom. The van der Waals surface area contributed by atoms with E-state index in [1.807, 2.05) is 0 Å². The summed E-state index contributed by atoms with van der Waals surface area (Å²) in [6.07, 6.45) is 2.69. The Hall–Kier alpha value is -1.95. The van der Waals surface area contributed by atoms with Gasteiger partial charge in [0.2, 0.25) is 5.91 Å². The molecule has 1 fully saturated rings. The van der Waals surface area contributed by atoms with Gasteiger partial charge in [0.05, 0.1) is 6.04 Å². The lowest BCUT2D eigenvalue weighted by molar-refractivity contribution is -0.146. The van der Waals surface area contributed by atoms with Crippen LogP contribution in [0.15, 0.2) is 24.3 Å². The highest BCUT2D eigenvalue weighted by Gasteiger charge is 2.31. The van der Waals surface area contributed by atoms with Gasteiger partial charge in [-0.05, 0) is 37.1 Å². The number of hydrogen-bond acceptors (Lipinski definition) is 3. The van der Waals surface area contributed by atoms with Crippen LogP contribution in [0.1, 0.15) is 24.8 Å². The summed E-state index contributed by atoms with van der Waals surface area (Å²) in [6.45, 7) is 1.06. The number of rotatable bonds is 5. The van der Waals surface area contributed by atoms with Crippen LogP contribution in [0.5, 0.6) is 0 Å². The standard InChI is InChI=1S/C16H21FN2O3/c1-18(11-15(20)21)16(22)14-4-2-3-9-19(14)10-12-5-7-13(17)8-6-12/h5-8,14H,2-4,9-11H2,1H3,(H,20,21)/t14-/m0/s1. The van der Waals surface area contributed by atoms with Gasteiger partial charge in [-0.3, -0.25) is 14.5 Å². The smallest absolute Gasteiger partial charge is 0.323 e. The Balaban J connectivity index is 2.05. The van der Waals surface area contributed by atoms with E-state index in [1.54, 1.807) is 12.1 Å². The maximum absolute atomic E-state index is 13.0. The molecule has 1 aliphatic rings. The fourth-order valence-corrected chi connectivity index (χ4v) is 2.82. The van der Waals surface area contributed by atoms with Gasteiger partial charge >= 0.3 is 5.97 Å². The average Bonchev–Trinajstić information content (AvgIpc) is 2.49. The van der Waals surface area contributed by atoms with Crippen LogP contribution in [0, 0.1) is 5.82 Å². The topological polar surface area (TPSA) is 60.9 Å². The van der Waals surface area contributed by atoms with Crippen molar-refractivity contribution < 1.29 is 19.1 Å². The van der Waals surface area contributed by atoms with Gasteiger partial charge in [-0.2, -0.15) is 0 Å². The molecule has 2 rings (SSSR count). The molecule has 1 aromatic carbocycles. The molecule has 1 aliphatic heterocycles. The normalized spacial score (nSPS) is 18.9. The molecule has 22 heavy (non-hydrogen) atoms. The Labute approximate surface area is 129 Å². The Kier molecular flexibility index (Phi) is 5.49. The minimum Gasteiger partial charge on any atom is -0.480 e. The zero-order valence-electron chi connectivity index (χ0n) is 12.7. The number of likely N-dealkylation sites (N-methyl/N-ethyl adjacent to an activating group) is 1. The maximum Gasteiger partial charge on any atom is 0.323 e. The van der Waals surface area contributed by atoms with Crippen molar-refractivity contribution in [2.24, 2.45) is 0 Å². The maximum atomic E-state index is 13.0. The molecule has 120 valence electrons. The minimum atomic E-state index is -1.02. The lowest BCUT2D eigenvalue weighted by Gasteiger charge is -2.36. The summed E-state index contributed by atoms with van der Waals surface area (Å²) in [5, 5.41) is 8.82. The molecule has 1 N–H and O–H groups in total. The Morgan fingerprint density at radius 1 is 1.32 bits per heavy atom. The number of benzene rings is 1. The first kappa shape index (κ1) is 16.4. The number of likely N-dealkylation sites (tertiary alicyclic amines) is 1. The first-order valence-corrected chi connectivity index (χ1v) is 7.42. The largest absolute Gasteiger partial charge is 0.480 e. The quantitative estimate of drug-likeness (QED) is 0.900. The van der Waals surface area contributed by atoms with Crippen molar-refractivity contribution in [1.82, 2.24) is 9.80 Å². The molecule has 1 saturated heterocycles. The van der Waals surface area contributed by atoms with Crippen LogP contribution in [0.2, 0.25) is 0 Å². The number of carbonyl (C=O) groups excluding carboxylic acids is 1. The highest BCUT2D eigenvalue weighted by atomic mass is 19.1. The lowest BCUT2D eigenvalue weighted by atomic mass is 10.00. The molecule has 0 spiro atoms.